The molecule has 2 aromatic carbocycles. The van der Waals surface area contributed by atoms with Crippen molar-refractivity contribution in [1.82, 2.24) is 0 Å². The highest BCUT2D eigenvalue weighted by Crippen LogP contribution is 2.36. The first-order valence-corrected chi connectivity index (χ1v) is 10.5. The molecular weight excluding hydrogens is 457 g/mol. The van der Waals surface area contributed by atoms with Crippen molar-refractivity contribution in [3.63, 3.8) is 0 Å². The van der Waals surface area contributed by atoms with Gasteiger partial charge in [-0.25, -0.2) is 8.42 Å². The fourth-order valence-electron chi connectivity index (χ4n) is 2.70. The molecule has 0 aromatic heterocycles. The van der Waals surface area contributed by atoms with Crippen LogP contribution >= 0.6 is 0 Å². The van der Waals surface area contributed by atoms with Gasteiger partial charge >= 0.3 is 5.51 Å². The van der Waals surface area contributed by atoms with Crippen LogP contribution in [0.15, 0.2) is 51.5 Å². The Labute approximate surface area is 180 Å². The molecule has 0 radical (unpaired) electrons. The second-order valence-electron chi connectivity index (χ2n) is 6.46. The Balaban J connectivity index is 2.40. The van der Waals surface area contributed by atoms with Gasteiger partial charge in [0.2, 0.25) is 0 Å². The zero-order valence-electron chi connectivity index (χ0n) is 16.7. The minimum absolute atomic E-state index is 0.135. The summed E-state index contributed by atoms with van der Waals surface area (Å²) >= 11 is 0. The van der Waals surface area contributed by atoms with Gasteiger partial charge < -0.3 is 15.1 Å². The lowest BCUT2D eigenvalue weighted by molar-refractivity contribution is -0.384. The molecule has 0 saturated carbocycles. The van der Waals surface area contributed by atoms with Crippen LogP contribution in [0.1, 0.15) is 5.56 Å². The van der Waals surface area contributed by atoms with Gasteiger partial charge in [-0.05, 0) is 42.8 Å². The normalized spacial score (nSPS) is 12.3. The molecule has 0 atom stereocenters. The fourth-order valence-corrected chi connectivity index (χ4v) is 3.48. The second kappa shape index (κ2) is 10.0. The highest BCUT2D eigenvalue weighted by atomic mass is 32.2. The maximum absolute atomic E-state index is 12.7. The van der Waals surface area contributed by atoms with Gasteiger partial charge in [-0.2, -0.15) is 18.3 Å². The lowest BCUT2D eigenvalue weighted by atomic mass is 10.1. The monoisotopic (exact) mass is 476 g/mol. The standard InChI is InChI=1S/C18H19F3N4O6S/c1-12-10-13(24(6-8-26)7-9-27)2-4-15(12)22-23-16-5-3-14(11-17(16)25(28)29)32(30,31)18(19,20)21/h2-5,10-11,26-27H,6-9H2,1H3. The smallest absolute Gasteiger partial charge is 0.395 e. The van der Waals surface area contributed by atoms with Crippen LogP contribution in [0.2, 0.25) is 0 Å². The molecule has 10 nitrogen and oxygen atoms in total. The predicted molar refractivity (Wildman–Crippen MR) is 108 cm³/mol. The van der Waals surface area contributed by atoms with Crippen LogP contribution in [0, 0.1) is 17.0 Å². The summed E-state index contributed by atoms with van der Waals surface area (Å²) in [6.07, 6.45) is 0. The number of rotatable bonds is 9. The number of hydrogen-bond acceptors (Lipinski definition) is 9. The fraction of sp³-hybridized carbons (Fsp3) is 0.333. The molecule has 0 bridgehead atoms. The van der Waals surface area contributed by atoms with Gasteiger partial charge in [0.15, 0.2) is 5.69 Å². The third kappa shape index (κ3) is 5.57. The van der Waals surface area contributed by atoms with Crippen molar-refractivity contribution in [1.29, 1.82) is 0 Å². The Kier molecular flexibility index (Phi) is 7.87. The molecule has 2 aromatic rings. The number of benzene rings is 2. The molecule has 0 heterocycles. The number of nitrogens with zero attached hydrogens (tertiary/aromatic N) is 4. The number of halogens is 3. The summed E-state index contributed by atoms with van der Waals surface area (Å²) in [5.74, 6) is 0. The number of sulfone groups is 1. The van der Waals surface area contributed by atoms with Crippen LogP contribution in [0.25, 0.3) is 0 Å². The molecule has 2 N–H and O–H groups in total. The van der Waals surface area contributed by atoms with E-state index in [-0.39, 0.29) is 32.4 Å². The molecule has 0 fully saturated rings. The lowest BCUT2D eigenvalue weighted by Crippen LogP contribution is -2.29. The van der Waals surface area contributed by atoms with Crippen LogP contribution < -0.4 is 4.90 Å². The second-order valence-corrected chi connectivity index (χ2v) is 8.40. The van der Waals surface area contributed by atoms with E-state index < -0.39 is 36.5 Å². The Morgan fingerprint density at radius 3 is 2.09 bits per heavy atom. The highest BCUT2D eigenvalue weighted by molar-refractivity contribution is 7.92. The predicted octanol–water partition coefficient (Wildman–Crippen LogP) is 3.40. The number of hydrogen-bond donors (Lipinski definition) is 2. The summed E-state index contributed by atoms with van der Waals surface area (Å²) < 4.78 is 61.2. The maximum Gasteiger partial charge on any atom is 0.501 e. The van der Waals surface area contributed by atoms with Gasteiger partial charge in [0.1, 0.15) is 0 Å². The maximum atomic E-state index is 12.7. The number of nitro groups is 1. The molecule has 0 unspecified atom stereocenters. The Bertz CT molecular complexity index is 1120. The average Bonchev–Trinajstić information content (AvgIpc) is 2.71. The summed E-state index contributed by atoms with van der Waals surface area (Å²) in [6, 6.07) is 6.47. The van der Waals surface area contributed by atoms with Gasteiger partial charge in [0, 0.05) is 24.8 Å². The van der Waals surface area contributed by atoms with Crippen LogP contribution in [-0.2, 0) is 9.84 Å². The number of azo groups is 1. The first-order chi connectivity index (χ1) is 14.9. The highest BCUT2D eigenvalue weighted by Gasteiger charge is 2.47. The number of nitro benzene ring substituents is 1. The molecule has 2 rings (SSSR count). The molecule has 0 aliphatic carbocycles. The molecule has 0 amide bonds. The van der Waals surface area contributed by atoms with E-state index >= 15 is 0 Å². The lowest BCUT2D eigenvalue weighted by Gasteiger charge is -2.23. The van der Waals surface area contributed by atoms with Crippen LogP contribution in [-0.4, -0.2) is 55.4 Å². The molecule has 0 aliphatic rings. The van der Waals surface area contributed by atoms with Crippen molar-refractivity contribution in [3.8, 4) is 0 Å². The molecule has 0 spiro atoms. The Hall–Kier alpha value is -3.10. The van der Waals surface area contributed by atoms with Crippen molar-refractivity contribution in [3.05, 3.63) is 52.1 Å². The first-order valence-electron chi connectivity index (χ1n) is 9.01. The van der Waals surface area contributed by atoms with Crippen LogP contribution in [0.4, 0.5) is 35.9 Å². The largest absolute Gasteiger partial charge is 0.501 e. The minimum Gasteiger partial charge on any atom is -0.395 e. The summed E-state index contributed by atoms with van der Waals surface area (Å²) in [5, 5.41) is 37.1. The average molecular weight is 476 g/mol. The quantitative estimate of drug-likeness (QED) is 0.320. The third-order valence-corrected chi connectivity index (χ3v) is 5.79. The number of aryl methyl sites for hydroxylation is 1. The zero-order chi connectivity index (χ0) is 24.1. The van der Waals surface area contributed by atoms with E-state index in [9.17, 15) is 31.7 Å². The summed E-state index contributed by atoms with van der Waals surface area (Å²) in [4.78, 5) is 10.6. The van der Waals surface area contributed by atoms with Crippen molar-refractivity contribution in [2.45, 2.75) is 17.3 Å². The Morgan fingerprint density at radius 1 is 1.03 bits per heavy atom. The van der Waals surface area contributed by atoms with Crippen molar-refractivity contribution < 1.29 is 36.7 Å². The van der Waals surface area contributed by atoms with E-state index in [1.807, 2.05) is 0 Å². The number of alkyl halides is 3. The van der Waals surface area contributed by atoms with Crippen LogP contribution in [0.3, 0.4) is 0 Å². The van der Waals surface area contributed by atoms with Crippen molar-refractivity contribution in [2.75, 3.05) is 31.2 Å². The third-order valence-electron chi connectivity index (χ3n) is 4.31. The molecule has 14 heteroatoms. The van der Waals surface area contributed by atoms with E-state index in [0.29, 0.717) is 23.0 Å². The van der Waals surface area contributed by atoms with Gasteiger partial charge in [-0.3, -0.25) is 10.1 Å². The number of aliphatic hydroxyl groups excluding tert-OH is 2. The Morgan fingerprint density at radius 2 is 1.59 bits per heavy atom. The van der Waals surface area contributed by atoms with E-state index in [2.05, 4.69) is 10.2 Å². The SMILES string of the molecule is Cc1cc(N(CCO)CCO)ccc1N=Nc1ccc(S(=O)(=O)C(F)(F)F)cc1[N+](=O)[O-]. The number of aliphatic hydroxyl groups is 2. The van der Waals surface area contributed by atoms with Gasteiger partial charge in [0.05, 0.1) is 28.7 Å². The van der Waals surface area contributed by atoms with Crippen molar-refractivity contribution >= 4 is 32.6 Å². The van der Waals surface area contributed by atoms with E-state index in [1.165, 1.54) is 6.07 Å². The van der Waals surface area contributed by atoms with Crippen molar-refractivity contribution in [2.24, 2.45) is 10.2 Å². The van der Waals surface area contributed by atoms with E-state index in [0.717, 1.165) is 6.07 Å². The molecule has 174 valence electrons. The minimum atomic E-state index is -5.76. The molecular formula is C18H19F3N4O6S. The van der Waals surface area contributed by atoms with Gasteiger partial charge in [0.25, 0.3) is 15.5 Å². The summed E-state index contributed by atoms with van der Waals surface area (Å²) in [7, 11) is -5.76. The van der Waals surface area contributed by atoms with E-state index in [1.54, 1.807) is 24.0 Å². The summed E-state index contributed by atoms with van der Waals surface area (Å²) in [6.45, 7) is 1.95. The first kappa shape index (κ1) is 25.2. The van der Waals surface area contributed by atoms with Crippen LogP contribution in [0.5, 0.6) is 0 Å². The molecule has 0 aliphatic heterocycles. The molecule has 0 saturated heterocycles. The van der Waals surface area contributed by atoms with E-state index in [4.69, 9.17) is 10.2 Å². The molecule has 32 heavy (non-hydrogen) atoms. The van der Waals surface area contributed by atoms with Gasteiger partial charge in [-0.15, -0.1) is 5.11 Å². The zero-order valence-corrected chi connectivity index (χ0v) is 17.5. The van der Waals surface area contributed by atoms with Gasteiger partial charge in [-0.1, -0.05) is 0 Å². The summed E-state index contributed by atoms with van der Waals surface area (Å²) in [5.41, 5.74) is -5.43. The number of anilines is 1. The topological polar surface area (TPSA) is 146 Å².